The summed E-state index contributed by atoms with van der Waals surface area (Å²) in [6.07, 6.45) is -3.63. The van der Waals surface area contributed by atoms with Crippen molar-refractivity contribution < 1.29 is 13.2 Å². The van der Waals surface area contributed by atoms with Crippen molar-refractivity contribution >= 4 is 34.8 Å². The summed E-state index contributed by atoms with van der Waals surface area (Å²) in [5.41, 5.74) is -2.21. The Balaban J connectivity index is 2.66. The molecule has 1 aromatic heterocycles. The van der Waals surface area contributed by atoms with Gasteiger partial charge in [0.15, 0.2) is 0 Å². The van der Waals surface area contributed by atoms with Crippen molar-refractivity contribution in [3.05, 3.63) is 55.4 Å². The molecule has 0 fully saturated rings. The molecule has 0 unspecified atom stereocenters. The summed E-state index contributed by atoms with van der Waals surface area (Å²) in [6.45, 7) is 0. The lowest BCUT2D eigenvalue weighted by Gasteiger charge is -2.10. The van der Waals surface area contributed by atoms with Crippen LogP contribution in [0.3, 0.4) is 0 Å². The van der Waals surface area contributed by atoms with Gasteiger partial charge in [0.25, 0.3) is 5.56 Å². The van der Waals surface area contributed by atoms with Crippen LogP contribution < -0.4 is 5.56 Å². The summed E-state index contributed by atoms with van der Waals surface area (Å²) in [7, 11) is 0. The SMILES string of the molecule is O=c1[nH]cc(-c2cc(Cl)c(Cl)cc2Cl)cc1C(F)(F)F. The van der Waals surface area contributed by atoms with Crippen molar-refractivity contribution in [1.29, 1.82) is 0 Å². The zero-order valence-corrected chi connectivity index (χ0v) is 11.8. The van der Waals surface area contributed by atoms with Crippen LogP contribution in [0.1, 0.15) is 5.56 Å². The predicted molar refractivity (Wildman–Crippen MR) is 72.5 cm³/mol. The van der Waals surface area contributed by atoms with Gasteiger partial charge in [0.2, 0.25) is 0 Å². The topological polar surface area (TPSA) is 32.9 Å². The van der Waals surface area contributed by atoms with E-state index in [9.17, 15) is 18.0 Å². The van der Waals surface area contributed by atoms with Gasteiger partial charge < -0.3 is 4.98 Å². The second-order valence-corrected chi connectivity index (χ2v) is 5.10. The molecule has 0 amide bonds. The van der Waals surface area contributed by atoms with E-state index in [0.717, 1.165) is 6.20 Å². The van der Waals surface area contributed by atoms with Crippen molar-refractivity contribution in [2.45, 2.75) is 6.18 Å². The maximum absolute atomic E-state index is 12.7. The fourth-order valence-corrected chi connectivity index (χ4v) is 2.25. The van der Waals surface area contributed by atoms with Gasteiger partial charge in [-0.1, -0.05) is 34.8 Å². The Morgan fingerprint density at radius 2 is 1.55 bits per heavy atom. The minimum atomic E-state index is -4.76. The fraction of sp³-hybridized carbons (Fsp3) is 0.0833. The number of H-pyrrole nitrogens is 1. The molecule has 2 nitrogen and oxygen atoms in total. The van der Waals surface area contributed by atoms with Gasteiger partial charge >= 0.3 is 6.18 Å². The molecule has 1 aromatic carbocycles. The second-order valence-electron chi connectivity index (χ2n) is 3.88. The van der Waals surface area contributed by atoms with Crippen molar-refractivity contribution in [3.8, 4) is 11.1 Å². The number of alkyl halides is 3. The highest BCUT2D eigenvalue weighted by atomic mass is 35.5. The van der Waals surface area contributed by atoms with Gasteiger partial charge in [-0.25, -0.2) is 0 Å². The Morgan fingerprint density at radius 1 is 0.950 bits per heavy atom. The van der Waals surface area contributed by atoms with E-state index >= 15 is 0 Å². The third kappa shape index (κ3) is 2.95. The summed E-state index contributed by atoms with van der Waals surface area (Å²) >= 11 is 17.5. The molecule has 0 saturated carbocycles. The number of rotatable bonds is 1. The normalized spacial score (nSPS) is 11.7. The van der Waals surface area contributed by atoms with Crippen LogP contribution in [-0.2, 0) is 6.18 Å². The number of benzene rings is 1. The zero-order chi connectivity index (χ0) is 15.1. The molecule has 2 rings (SSSR count). The van der Waals surface area contributed by atoms with Crippen molar-refractivity contribution in [2.75, 3.05) is 0 Å². The molecule has 106 valence electrons. The van der Waals surface area contributed by atoms with Gasteiger partial charge in [-0.3, -0.25) is 4.79 Å². The fourth-order valence-electron chi connectivity index (χ4n) is 1.59. The van der Waals surface area contributed by atoms with Gasteiger partial charge in [0.05, 0.1) is 15.1 Å². The number of pyridine rings is 1. The first-order chi connectivity index (χ1) is 9.20. The molecule has 20 heavy (non-hydrogen) atoms. The van der Waals surface area contributed by atoms with Gasteiger partial charge in [-0.2, -0.15) is 13.2 Å². The van der Waals surface area contributed by atoms with Crippen LogP contribution in [0.15, 0.2) is 29.2 Å². The van der Waals surface area contributed by atoms with E-state index in [0.29, 0.717) is 6.07 Å². The van der Waals surface area contributed by atoms with E-state index in [1.807, 2.05) is 4.98 Å². The van der Waals surface area contributed by atoms with Crippen LogP contribution in [0.5, 0.6) is 0 Å². The molecule has 2 aromatic rings. The smallest absolute Gasteiger partial charge is 0.328 e. The number of aromatic amines is 1. The van der Waals surface area contributed by atoms with Crippen LogP contribution in [0.25, 0.3) is 11.1 Å². The lowest BCUT2D eigenvalue weighted by molar-refractivity contribution is -0.138. The zero-order valence-electron chi connectivity index (χ0n) is 9.49. The lowest BCUT2D eigenvalue weighted by atomic mass is 10.1. The average Bonchev–Trinajstić information content (AvgIpc) is 2.33. The molecule has 1 heterocycles. The summed E-state index contributed by atoms with van der Waals surface area (Å²) in [6, 6.07) is 3.36. The first kappa shape index (κ1) is 15.2. The molecule has 0 bridgehead atoms. The summed E-state index contributed by atoms with van der Waals surface area (Å²) in [5, 5.41) is 0.450. The number of aromatic nitrogens is 1. The van der Waals surface area contributed by atoms with E-state index in [4.69, 9.17) is 34.8 Å². The van der Waals surface area contributed by atoms with E-state index in [1.54, 1.807) is 0 Å². The van der Waals surface area contributed by atoms with Crippen molar-refractivity contribution in [2.24, 2.45) is 0 Å². The van der Waals surface area contributed by atoms with E-state index < -0.39 is 17.3 Å². The standard InChI is InChI=1S/C12H5Cl3F3NO/c13-8-3-10(15)9(14)2-6(8)5-1-7(12(16,17)18)11(20)19-4-5/h1-4H,(H,19,20). The third-order valence-corrected chi connectivity index (χ3v) is 3.56. The first-order valence-corrected chi connectivity index (χ1v) is 6.28. The van der Waals surface area contributed by atoms with E-state index in [2.05, 4.69) is 0 Å². The summed E-state index contributed by atoms with van der Waals surface area (Å²) in [5.74, 6) is 0. The van der Waals surface area contributed by atoms with Crippen molar-refractivity contribution in [1.82, 2.24) is 4.98 Å². The van der Waals surface area contributed by atoms with Crippen LogP contribution in [0.4, 0.5) is 13.2 Å². The largest absolute Gasteiger partial charge is 0.421 e. The molecule has 0 saturated heterocycles. The quantitative estimate of drug-likeness (QED) is 0.725. The second kappa shape index (κ2) is 5.31. The minimum Gasteiger partial charge on any atom is -0.328 e. The van der Waals surface area contributed by atoms with Gasteiger partial charge in [-0.05, 0) is 18.2 Å². The number of hydrogen-bond donors (Lipinski definition) is 1. The molecule has 0 radical (unpaired) electrons. The average molecular weight is 343 g/mol. The van der Waals surface area contributed by atoms with Crippen molar-refractivity contribution in [3.63, 3.8) is 0 Å². The summed E-state index contributed by atoms with van der Waals surface area (Å²) < 4.78 is 38.1. The Bertz CT molecular complexity index is 725. The van der Waals surface area contributed by atoms with Gasteiger partial charge in [-0.15, -0.1) is 0 Å². The minimum absolute atomic E-state index is 0.0838. The number of halogens is 6. The molecule has 1 N–H and O–H groups in total. The Labute approximate surface area is 126 Å². The molecular weight excluding hydrogens is 337 g/mol. The van der Waals surface area contributed by atoms with Crippen LogP contribution in [-0.4, -0.2) is 4.98 Å². The van der Waals surface area contributed by atoms with Crippen LogP contribution >= 0.6 is 34.8 Å². The first-order valence-electron chi connectivity index (χ1n) is 5.15. The molecule has 0 aliphatic heterocycles. The van der Waals surface area contributed by atoms with E-state index in [1.165, 1.54) is 12.1 Å². The predicted octanol–water partition coefficient (Wildman–Crippen LogP) is 5.02. The van der Waals surface area contributed by atoms with Crippen LogP contribution in [0, 0.1) is 0 Å². The molecular formula is C12H5Cl3F3NO. The highest BCUT2D eigenvalue weighted by molar-refractivity contribution is 6.44. The Morgan fingerprint density at radius 3 is 2.15 bits per heavy atom. The Hall–Kier alpha value is -1.17. The van der Waals surface area contributed by atoms with Gasteiger partial charge in [0, 0.05) is 17.3 Å². The molecule has 0 spiro atoms. The molecule has 0 atom stereocenters. The van der Waals surface area contributed by atoms with Gasteiger partial charge in [0.1, 0.15) is 5.56 Å². The monoisotopic (exact) mass is 341 g/mol. The van der Waals surface area contributed by atoms with E-state index in [-0.39, 0.29) is 26.2 Å². The number of nitrogens with one attached hydrogen (secondary N) is 1. The maximum Gasteiger partial charge on any atom is 0.421 e. The highest BCUT2D eigenvalue weighted by Gasteiger charge is 2.34. The Kier molecular flexibility index (Phi) is 4.04. The lowest BCUT2D eigenvalue weighted by Crippen LogP contribution is -2.20. The number of hydrogen-bond acceptors (Lipinski definition) is 1. The maximum atomic E-state index is 12.7. The molecule has 0 aliphatic carbocycles. The molecule has 8 heteroatoms. The van der Waals surface area contributed by atoms with Crippen LogP contribution in [0.2, 0.25) is 15.1 Å². The highest BCUT2D eigenvalue weighted by Crippen LogP contribution is 2.36. The third-order valence-electron chi connectivity index (χ3n) is 2.53. The summed E-state index contributed by atoms with van der Waals surface area (Å²) in [4.78, 5) is 13.2. The molecule has 0 aliphatic rings.